The summed E-state index contributed by atoms with van der Waals surface area (Å²) in [5, 5.41) is 9.24. The number of pyridine rings is 1. The second-order valence-corrected chi connectivity index (χ2v) is 6.46. The maximum atomic E-state index is 13.1. The summed E-state index contributed by atoms with van der Waals surface area (Å²) in [6.07, 6.45) is 0.889. The van der Waals surface area contributed by atoms with Gasteiger partial charge in [0.05, 0.1) is 6.61 Å². The summed E-state index contributed by atoms with van der Waals surface area (Å²) in [4.78, 5) is 20.0. The molecule has 0 radical (unpaired) electrons. The van der Waals surface area contributed by atoms with Crippen LogP contribution in [-0.4, -0.2) is 47.0 Å². The molecular formula is C20H24N2O2. The molecule has 0 amide bonds. The second-order valence-electron chi connectivity index (χ2n) is 6.46. The first-order valence-electron chi connectivity index (χ1n) is 8.55. The summed E-state index contributed by atoms with van der Waals surface area (Å²) >= 11 is 0. The number of β-amino-alcohol motifs (C(OH)–C–C–N with tert-alkyl or cyclic N) is 1. The highest BCUT2D eigenvalue weighted by Crippen LogP contribution is 2.34. The normalized spacial score (nSPS) is 21.6. The molecule has 1 aliphatic rings. The van der Waals surface area contributed by atoms with Crippen LogP contribution in [0.4, 0.5) is 0 Å². The number of rotatable bonds is 5. The SMILES string of the molecule is Cc1cccc([C@H]2CCN(CCO)C[C@@H]2C(=O)c2ccccc2)n1. The van der Waals surface area contributed by atoms with Crippen LogP contribution in [0.25, 0.3) is 0 Å². The van der Waals surface area contributed by atoms with Gasteiger partial charge in [0.25, 0.3) is 0 Å². The molecule has 1 aliphatic heterocycles. The van der Waals surface area contributed by atoms with E-state index in [1.165, 1.54) is 0 Å². The molecule has 0 bridgehead atoms. The Balaban J connectivity index is 1.90. The van der Waals surface area contributed by atoms with Crippen molar-refractivity contribution in [2.24, 2.45) is 5.92 Å². The monoisotopic (exact) mass is 324 g/mol. The first kappa shape index (κ1) is 16.8. The van der Waals surface area contributed by atoms with Crippen LogP contribution >= 0.6 is 0 Å². The van der Waals surface area contributed by atoms with Crippen LogP contribution in [0.2, 0.25) is 0 Å². The molecule has 1 aromatic heterocycles. The number of Topliss-reactive ketones (excluding diaryl/α,β-unsaturated/α-hetero) is 1. The highest BCUT2D eigenvalue weighted by atomic mass is 16.3. The summed E-state index contributed by atoms with van der Waals surface area (Å²) < 4.78 is 0. The van der Waals surface area contributed by atoms with Crippen LogP contribution < -0.4 is 0 Å². The fourth-order valence-corrected chi connectivity index (χ4v) is 3.57. The Morgan fingerprint density at radius 1 is 1.21 bits per heavy atom. The summed E-state index contributed by atoms with van der Waals surface area (Å²) in [5.74, 6) is 0.182. The third kappa shape index (κ3) is 3.71. The fraction of sp³-hybridized carbons (Fsp3) is 0.400. The van der Waals surface area contributed by atoms with Crippen molar-refractivity contribution in [1.29, 1.82) is 0 Å². The molecule has 0 saturated carbocycles. The average Bonchev–Trinajstić information content (AvgIpc) is 2.62. The van der Waals surface area contributed by atoms with Crippen LogP contribution in [0.3, 0.4) is 0 Å². The number of piperidine rings is 1. The van der Waals surface area contributed by atoms with E-state index < -0.39 is 0 Å². The molecule has 0 aliphatic carbocycles. The number of carbonyl (C=O) groups excluding carboxylic acids is 1. The first-order valence-corrected chi connectivity index (χ1v) is 8.55. The van der Waals surface area contributed by atoms with Gasteiger partial charge in [0.15, 0.2) is 5.78 Å². The standard InChI is InChI=1S/C20H24N2O2/c1-15-6-5-9-19(21-15)17-10-11-22(12-13-23)14-18(17)20(24)16-7-3-2-4-8-16/h2-9,17-18,23H,10-14H2,1H3/t17-,18-/m0/s1. The lowest BCUT2D eigenvalue weighted by molar-refractivity contribution is 0.0744. The number of benzene rings is 1. The van der Waals surface area contributed by atoms with Crippen molar-refractivity contribution in [3.8, 4) is 0 Å². The summed E-state index contributed by atoms with van der Waals surface area (Å²) in [7, 11) is 0. The van der Waals surface area contributed by atoms with E-state index in [2.05, 4.69) is 9.88 Å². The van der Waals surface area contributed by atoms with Crippen LogP contribution in [0.5, 0.6) is 0 Å². The van der Waals surface area contributed by atoms with Gasteiger partial charge < -0.3 is 10.0 Å². The Kier molecular flexibility index (Phi) is 5.38. The number of aliphatic hydroxyl groups excluding tert-OH is 1. The van der Waals surface area contributed by atoms with E-state index in [1.807, 2.05) is 55.5 Å². The summed E-state index contributed by atoms with van der Waals surface area (Å²) in [6.45, 7) is 4.29. The first-order chi connectivity index (χ1) is 11.7. The third-order valence-electron chi connectivity index (χ3n) is 4.80. The van der Waals surface area contributed by atoms with Crippen LogP contribution in [0.1, 0.15) is 34.1 Å². The van der Waals surface area contributed by atoms with Crippen molar-refractivity contribution < 1.29 is 9.90 Å². The van der Waals surface area contributed by atoms with E-state index in [9.17, 15) is 9.90 Å². The molecule has 126 valence electrons. The number of likely N-dealkylation sites (tertiary alicyclic amines) is 1. The van der Waals surface area contributed by atoms with Crippen molar-refractivity contribution in [3.63, 3.8) is 0 Å². The molecule has 1 fully saturated rings. The predicted octanol–water partition coefficient (Wildman–Crippen LogP) is 2.67. The van der Waals surface area contributed by atoms with Crippen molar-refractivity contribution in [1.82, 2.24) is 9.88 Å². The van der Waals surface area contributed by atoms with Gasteiger partial charge >= 0.3 is 0 Å². The topological polar surface area (TPSA) is 53.4 Å². The highest BCUT2D eigenvalue weighted by Gasteiger charge is 2.36. The molecule has 0 unspecified atom stereocenters. The molecule has 24 heavy (non-hydrogen) atoms. The van der Waals surface area contributed by atoms with E-state index >= 15 is 0 Å². The lowest BCUT2D eigenvalue weighted by Gasteiger charge is -2.37. The Bertz CT molecular complexity index is 687. The van der Waals surface area contributed by atoms with Gasteiger partial charge in [-0.25, -0.2) is 0 Å². The minimum Gasteiger partial charge on any atom is -0.395 e. The van der Waals surface area contributed by atoms with E-state index in [4.69, 9.17) is 0 Å². The lowest BCUT2D eigenvalue weighted by atomic mass is 9.78. The zero-order valence-electron chi connectivity index (χ0n) is 14.1. The number of aryl methyl sites for hydroxylation is 1. The maximum absolute atomic E-state index is 13.1. The minimum absolute atomic E-state index is 0.123. The molecule has 2 heterocycles. The molecule has 0 spiro atoms. The van der Waals surface area contributed by atoms with Crippen LogP contribution in [0.15, 0.2) is 48.5 Å². The van der Waals surface area contributed by atoms with Crippen molar-refractivity contribution in [2.75, 3.05) is 26.2 Å². The molecule has 2 aromatic rings. The van der Waals surface area contributed by atoms with Gasteiger partial charge in [-0.05, 0) is 32.0 Å². The average molecular weight is 324 g/mol. The van der Waals surface area contributed by atoms with Gasteiger partial charge in [-0.3, -0.25) is 9.78 Å². The van der Waals surface area contributed by atoms with Gasteiger partial charge in [0, 0.05) is 41.9 Å². The molecule has 1 N–H and O–H groups in total. The van der Waals surface area contributed by atoms with Crippen molar-refractivity contribution >= 4 is 5.78 Å². The Labute approximate surface area is 143 Å². The molecule has 2 atom stereocenters. The van der Waals surface area contributed by atoms with E-state index in [0.29, 0.717) is 13.1 Å². The van der Waals surface area contributed by atoms with Crippen LogP contribution in [0, 0.1) is 12.8 Å². The number of aliphatic hydroxyl groups is 1. The maximum Gasteiger partial charge on any atom is 0.167 e. The van der Waals surface area contributed by atoms with E-state index in [0.717, 1.165) is 29.9 Å². The third-order valence-corrected chi connectivity index (χ3v) is 4.80. The number of hydrogen-bond donors (Lipinski definition) is 1. The fourth-order valence-electron chi connectivity index (χ4n) is 3.57. The molecular weight excluding hydrogens is 300 g/mol. The molecule has 4 nitrogen and oxygen atoms in total. The largest absolute Gasteiger partial charge is 0.395 e. The van der Waals surface area contributed by atoms with Crippen LogP contribution in [-0.2, 0) is 0 Å². The number of hydrogen-bond acceptors (Lipinski definition) is 4. The van der Waals surface area contributed by atoms with Crippen molar-refractivity contribution in [2.45, 2.75) is 19.3 Å². The smallest absolute Gasteiger partial charge is 0.167 e. The summed E-state index contributed by atoms with van der Waals surface area (Å²) in [6, 6.07) is 15.5. The molecule has 1 saturated heterocycles. The second kappa shape index (κ2) is 7.69. The van der Waals surface area contributed by atoms with E-state index in [-0.39, 0.29) is 24.2 Å². The minimum atomic E-state index is -0.123. The lowest BCUT2D eigenvalue weighted by Crippen LogP contribution is -2.44. The van der Waals surface area contributed by atoms with Crippen molar-refractivity contribution in [3.05, 3.63) is 65.5 Å². The van der Waals surface area contributed by atoms with Gasteiger partial charge in [-0.1, -0.05) is 36.4 Å². The quantitative estimate of drug-likeness (QED) is 0.859. The Morgan fingerprint density at radius 3 is 2.71 bits per heavy atom. The summed E-state index contributed by atoms with van der Waals surface area (Å²) in [5.41, 5.74) is 2.75. The van der Waals surface area contributed by atoms with E-state index in [1.54, 1.807) is 0 Å². The van der Waals surface area contributed by atoms with Gasteiger partial charge in [0.1, 0.15) is 0 Å². The Hall–Kier alpha value is -2.04. The van der Waals surface area contributed by atoms with Gasteiger partial charge in [0.2, 0.25) is 0 Å². The Morgan fingerprint density at radius 2 is 2.00 bits per heavy atom. The predicted molar refractivity (Wildman–Crippen MR) is 94.1 cm³/mol. The zero-order chi connectivity index (χ0) is 16.9. The number of carbonyl (C=O) groups is 1. The number of ketones is 1. The number of nitrogens with zero attached hydrogens (tertiary/aromatic N) is 2. The van der Waals surface area contributed by atoms with Gasteiger partial charge in [-0.15, -0.1) is 0 Å². The number of aromatic nitrogens is 1. The highest BCUT2D eigenvalue weighted by molar-refractivity contribution is 5.98. The molecule has 3 rings (SSSR count). The van der Waals surface area contributed by atoms with Gasteiger partial charge in [-0.2, -0.15) is 0 Å². The zero-order valence-corrected chi connectivity index (χ0v) is 14.1. The molecule has 4 heteroatoms. The molecule has 1 aromatic carbocycles.